The molecule has 0 saturated carbocycles. The summed E-state index contributed by atoms with van der Waals surface area (Å²) in [5.41, 5.74) is 1.84. The van der Waals surface area contributed by atoms with Crippen molar-refractivity contribution in [2.45, 2.75) is 18.1 Å². The van der Waals surface area contributed by atoms with E-state index in [4.69, 9.17) is 5.84 Å². The Kier molecular flexibility index (Phi) is 6.28. The van der Waals surface area contributed by atoms with E-state index in [0.29, 0.717) is 16.4 Å². The van der Waals surface area contributed by atoms with Crippen LogP contribution in [-0.2, 0) is 4.79 Å². The second kappa shape index (κ2) is 9.05. The molecule has 3 aromatic rings. The number of nitrogens with two attached hydrogens (primary N) is 1. The molecule has 0 bridgehead atoms. The van der Waals surface area contributed by atoms with E-state index in [2.05, 4.69) is 20.8 Å². The molecule has 0 aliphatic heterocycles. The molecule has 0 unspecified atom stereocenters. The molecule has 2 amide bonds. The van der Waals surface area contributed by atoms with E-state index < -0.39 is 0 Å². The number of benzene rings is 2. The maximum atomic E-state index is 12.7. The minimum atomic E-state index is -0.274. The molecule has 4 N–H and O–H groups in total. The molecule has 0 aliphatic rings. The summed E-state index contributed by atoms with van der Waals surface area (Å²) in [5, 5.41) is 13.6. The SMILES string of the molecule is C[C@@H](NC(=O)c1ccccc1NC(=O)CSc1nncn1N)c1ccccc1. The topological polar surface area (TPSA) is 115 Å². The first kappa shape index (κ1) is 19.4. The zero-order valence-electron chi connectivity index (χ0n) is 15.2. The van der Waals surface area contributed by atoms with E-state index in [-0.39, 0.29) is 23.6 Å². The summed E-state index contributed by atoms with van der Waals surface area (Å²) in [6, 6.07) is 16.4. The largest absolute Gasteiger partial charge is 0.345 e. The zero-order chi connectivity index (χ0) is 19.9. The Bertz CT molecular complexity index is 960. The van der Waals surface area contributed by atoms with E-state index in [9.17, 15) is 9.59 Å². The van der Waals surface area contributed by atoms with E-state index in [1.165, 1.54) is 11.0 Å². The summed E-state index contributed by atoms with van der Waals surface area (Å²) >= 11 is 1.16. The van der Waals surface area contributed by atoms with Gasteiger partial charge in [0.15, 0.2) is 0 Å². The highest BCUT2D eigenvalue weighted by molar-refractivity contribution is 7.99. The number of nitrogen functional groups attached to an aromatic ring is 1. The molecule has 0 saturated heterocycles. The van der Waals surface area contributed by atoms with Crippen molar-refractivity contribution in [2.24, 2.45) is 0 Å². The number of aromatic nitrogens is 3. The summed E-state index contributed by atoms with van der Waals surface area (Å²) in [7, 11) is 0. The third-order valence-electron chi connectivity index (χ3n) is 3.97. The van der Waals surface area contributed by atoms with Gasteiger partial charge in [0.2, 0.25) is 11.1 Å². The minimum absolute atomic E-state index is 0.0895. The number of anilines is 1. The number of carbonyl (C=O) groups excluding carboxylic acids is 2. The first-order valence-corrected chi connectivity index (χ1v) is 9.55. The smallest absolute Gasteiger partial charge is 0.253 e. The van der Waals surface area contributed by atoms with Gasteiger partial charge in [-0.3, -0.25) is 9.59 Å². The van der Waals surface area contributed by atoms with Crippen molar-refractivity contribution in [3.63, 3.8) is 0 Å². The van der Waals surface area contributed by atoms with E-state index in [1.807, 2.05) is 37.3 Å². The maximum Gasteiger partial charge on any atom is 0.253 e. The van der Waals surface area contributed by atoms with Crippen LogP contribution in [0.3, 0.4) is 0 Å². The van der Waals surface area contributed by atoms with Gasteiger partial charge in [-0.1, -0.05) is 54.2 Å². The van der Waals surface area contributed by atoms with Gasteiger partial charge in [0.25, 0.3) is 5.91 Å². The number of hydrogen-bond donors (Lipinski definition) is 3. The Labute approximate surface area is 166 Å². The second-order valence-electron chi connectivity index (χ2n) is 6.01. The van der Waals surface area contributed by atoms with Gasteiger partial charge in [0, 0.05) is 0 Å². The van der Waals surface area contributed by atoms with Crippen molar-refractivity contribution in [2.75, 3.05) is 16.9 Å². The number of nitrogens with one attached hydrogen (secondary N) is 2. The van der Waals surface area contributed by atoms with Crippen LogP contribution in [0.15, 0.2) is 66.1 Å². The average molecular weight is 396 g/mol. The molecule has 3 rings (SSSR count). The molecular weight excluding hydrogens is 376 g/mol. The summed E-state index contributed by atoms with van der Waals surface area (Å²) in [6.45, 7) is 1.91. The van der Waals surface area contributed by atoms with Crippen LogP contribution in [0.4, 0.5) is 5.69 Å². The summed E-state index contributed by atoms with van der Waals surface area (Å²) in [4.78, 5) is 25.0. The quantitative estimate of drug-likeness (QED) is 0.417. The monoisotopic (exact) mass is 396 g/mol. The van der Waals surface area contributed by atoms with Crippen LogP contribution in [0.1, 0.15) is 28.9 Å². The minimum Gasteiger partial charge on any atom is -0.345 e. The second-order valence-corrected chi connectivity index (χ2v) is 6.95. The number of amides is 2. The third kappa shape index (κ3) is 4.89. The van der Waals surface area contributed by atoms with Gasteiger partial charge in [-0.15, -0.1) is 10.2 Å². The van der Waals surface area contributed by atoms with Crippen molar-refractivity contribution in [1.29, 1.82) is 0 Å². The summed E-state index contributed by atoms with van der Waals surface area (Å²) in [6.07, 6.45) is 1.35. The Morgan fingerprint density at radius 1 is 1.14 bits per heavy atom. The average Bonchev–Trinajstić information content (AvgIpc) is 3.12. The molecule has 28 heavy (non-hydrogen) atoms. The van der Waals surface area contributed by atoms with Crippen LogP contribution in [-0.4, -0.2) is 32.4 Å². The number of nitrogens with zero attached hydrogens (tertiary/aromatic N) is 3. The number of hydrogen-bond acceptors (Lipinski definition) is 6. The van der Waals surface area contributed by atoms with Gasteiger partial charge in [-0.25, -0.2) is 4.68 Å². The van der Waals surface area contributed by atoms with Crippen LogP contribution in [0.2, 0.25) is 0 Å². The van der Waals surface area contributed by atoms with Crippen LogP contribution in [0, 0.1) is 0 Å². The van der Waals surface area contributed by atoms with E-state index in [1.54, 1.807) is 24.3 Å². The molecule has 144 valence electrons. The molecule has 0 aliphatic carbocycles. The fourth-order valence-electron chi connectivity index (χ4n) is 2.54. The van der Waals surface area contributed by atoms with Gasteiger partial charge in [-0.05, 0) is 24.6 Å². The predicted molar refractivity (Wildman–Crippen MR) is 108 cm³/mol. The summed E-state index contributed by atoms with van der Waals surface area (Å²) < 4.78 is 1.24. The lowest BCUT2D eigenvalue weighted by Crippen LogP contribution is -2.28. The van der Waals surface area contributed by atoms with Gasteiger partial charge in [-0.2, -0.15) is 0 Å². The molecule has 1 atom stereocenters. The highest BCUT2D eigenvalue weighted by Gasteiger charge is 2.16. The lowest BCUT2D eigenvalue weighted by atomic mass is 10.1. The van der Waals surface area contributed by atoms with Crippen molar-refractivity contribution >= 4 is 29.3 Å². The normalized spacial score (nSPS) is 11.6. The van der Waals surface area contributed by atoms with Crippen molar-refractivity contribution in [3.8, 4) is 0 Å². The standard InChI is InChI=1S/C19H20N6O2S/c1-13(14-7-3-2-4-8-14)22-18(27)15-9-5-6-10-16(15)23-17(26)11-28-19-24-21-12-25(19)20/h2-10,12-13H,11,20H2,1H3,(H,22,27)(H,23,26)/t13-/m1/s1. The number of thioether (sulfide) groups is 1. The Hall–Kier alpha value is -3.33. The van der Waals surface area contributed by atoms with Crippen LogP contribution in [0.5, 0.6) is 0 Å². The molecule has 2 aromatic carbocycles. The summed E-state index contributed by atoms with van der Waals surface area (Å²) in [5.74, 6) is 5.18. The van der Waals surface area contributed by atoms with Gasteiger partial charge < -0.3 is 16.5 Å². The molecule has 9 heteroatoms. The van der Waals surface area contributed by atoms with E-state index >= 15 is 0 Å². The first-order chi connectivity index (χ1) is 13.5. The Morgan fingerprint density at radius 2 is 1.86 bits per heavy atom. The van der Waals surface area contributed by atoms with Gasteiger partial charge in [0.1, 0.15) is 6.33 Å². The van der Waals surface area contributed by atoms with Crippen LogP contribution in [0.25, 0.3) is 0 Å². The molecule has 0 spiro atoms. The molecule has 1 aromatic heterocycles. The van der Waals surface area contributed by atoms with Crippen molar-refractivity contribution < 1.29 is 9.59 Å². The Morgan fingerprint density at radius 3 is 2.57 bits per heavy atom. The van der Waals surface area contributed by atoms with Crippen LogP contribution >= 0.6 is 11.8 Å². The zero-order valence-corrected chi connectivity index (χ0v) is 16.0. The number of carbonyl (C=O) groups is 2. The molecule has 0 radical (unpaired) electrons. The lowest BCUT2D eigenvalue weighted by molar-refractivity contribution is -0.113. The molecule has 8 nitrogen and oxygen atoms in total. The van der Waals surface area contributed by atoms with E-state index in [0.717, 1.165) is 17.3 Å². The van der Waals surface area contributed by atoms with Crippen molar-refractivity contribution in [1.82, 2.24) is 20.2 Å². The molecule has 0 fully saturated rings. The highest BCUT2D eigenvalue weighted by atomic mass is 32.2. The molecule has 1 heterocycles. The maximum absolute atomic E-state index is 12.7. The Balaban J connectivity index is 1.64. The molecular formula is C19H20N6O2S. The number of rotatable bonds is 7. The van der Waals surface area contributed by atoms with Crippen LogP contribution < -0.4 is 16.5 Å². The van der Waals surface area contributed by atoms with Crippen molar-refractivity contribution in [3.05, 3.63) is 72.1 Å². The third-order valence-corrected chi connectivity index (χ3v) is 4.92. The lowest BCUT2D eigenvalue weighted by Gasteiger charge is -2.16. The number of para-hydroxylation sites is 1. The fourth-order valence-corrected chi connectivity index (χ4v) is 3.17. The highest BCUT2D eigenvalue weighted by Crippen LogP contribution is 2.19. The van der Waals surface area contributed by atoms with Gasteiger partial charge in [0.05, 0.1) is 23.0 Å². The fraction of sp³-hybridized carbons (Fsp3) is 0.158. The first-order valence-electron chi connectivity index (χ1n) is 8.57. The predicted octanol–water partition coefficient (Wildman–Crippen LogP) is 2.21. The van der Waals surface area contributed by atoms with Gasteiger partial charge >= 0.3 is 0 Å².